The van der Waals surface area contributed by atoms with Crippen molar-refractivity contribution in [3.8, 4) is 28.3 Å². The van der Waals surface area contributed by atoms with Crippen LogP contribution in [0.1, 0.15) is 23.4 Å². The molecule has 7 nitrogen and oxygen atoms in total. The molecule has 0 unspecified atom stereocenters. The molecule has 4 aromatic rings. The van der Waals surface area contributed by atoms with E-state index in [0.29, 0.717) is 34.5 Å². The van der Waals surface area contributed by atoms with E-state index in [2.05, 4.69) is 56.1 Å². The van der Waals surface area contributed by atoms with E-state index >= 15 is 0 Å². The van der Waals surface area contributed by atoms with Crippen LogP contribution in [-0.4, -0.2) is 59.7 Å². The van der Waals surface area contributed by atoms with Gasteiger partial charge >= 0.3 is 0 Å². The number of piperazine rings is 1. The minimum atomic E-state index is -2.76. The number of hydrogen-bond acceptors (Lipinski definition) is 7. The van der Waals surface area contributed by atoms with E-state index in [1.807, 2.05) is 0 Å². The number of rotatable bonds is 8. The zero-order valence-electron chi connectivity index (χ0n) is 22.4. The summed E-state index contributed by atoms with van der Waals surface area (Å²) in [5.74, 6) is -0.302. The van der Waals surface area contributed by atoms with E-state index in [0.717, 1.165) is 31.7 Å². The van der Waals surface area contributed by atoms with E-state index < -0.39 is 12.2 Å². The van der Waals surface area contributed by atoms with Gasteiger partial charge in [-0.25, -0.2) is 18.2 Å². The fourth-order valence-electron chi connectivity index (χ4n) is 4.79. The van der Waals surface area contributed by atoms with E-state index in [9.17, 15) is 13.2 Å². The summed E-state index contributed by atoms with van der Waals surface area (Å²) in [4.78, 5) is 17.4. The summed E-state index contributed by atoms with van der Waals surface area (Å²) < 4.78 is 47.1. The quantitative estimate of drug-likeness (QED) is 0.309. The fraction of sp³-hybridized carbons (Fsp3) is 0.300. The molecule has 0 amide bonds. The van der Waals surface area contributed by atoms with Crippen LogP contribution >= 0.6 is 0 Å². The number of aromatic nitrogens is 3. The molecule has 0 bridgehead atoms. The molecule has 2 aromatic carbocycles. The van der Waals surface area contributed by atoms with Crippen LogP contribution < -0.4 is 15.4 Å². The fourth-order valence-corrected chi connectivity index (χ4v) is 4.79. The topological polar surface area (TPSA) is 80.4 Å². The van der Waals surface area contributed by atoms with Crippen LogP contribution in [0.15, 0.2) is 60.7 Å². The number of aryl methyl sites for hydroxylation is 1. The van der Waals surface area contributed by atoms with E-state index in [1.54, 1.807) is 25.1 Å². The number of likely N-dealkylation sites (N-methyl/N-ethyl adjacent to an activating group) is 1. The highest BCUT2D eigenvalue weighted by Crippen LogP contribution is 2.39. The molecule has 1 aliphatic rings. The smallest absolute Gasteiger partial charge is 0.280 e. The molecule has 2 aromatic heterocycles. The maximum atomic E-state index is 13.7. The van der Waals surface area contributed by atoms with Crippen molar-refractivity contribution in [1.29, 1.82) is 0 Å². The molecule has 0 radical (unpaired) electrons. The first-order valence-electron chi connectivity index (χ1n) is 13.1. The number of nitrogens with zero attached hydrogens (tertiary/aromatic N) is 5. The Labute approximate surface area is 231 Å². The van der Waals surface area contributed by atoms with Gasteiger partial charge in [-0.2, -0.15) is 4.98 Å². The molecule has 0 aliphatic carbocycles. The number of ether oxygens (including phenoxy) is 1. The molecule has 10 heteroatoms. The number of alkyl halides is 2. The lowest BCUT2D eigenvalue weighted by atomic mass is 9.99. The van der Waals surface area contributed by atoms with Crippen LogP contribution in [0.3, 0.4) is 0 Å². The van der Waals surface area contributed by atoms with Crippen LogP contribution in [0.25, 0.3) is 22.4 Å². The second-order valence-electron chi connectivity index (χ2n) is 9.90. The van der Waals surface area contributed by atoms with Gasteiger partial charge in [-0.05, 0) is 73.6 Å². The summed E-state index contributed by atoms with van der Waals surface area (Å²) in [6, 6.07) is 17.1. The van der Waals surface area contributed by atoms with Gasteiger partial charge in [0.1, 0.15) is 11.5 Å². The Kier molecular flexibility index (Phi) is 8.16. The zero-order valence-corrected chi connectivity index (χ0v) is 22.4. The van der Waals surface area contributed by atoms with E-state index in [1.165, 1.54) is 23.9 Å². The number of nitrogens with two attached hydrogens (primary N) is 1. The van der Waals surface area contributed by atoms with Gasteiger partial charge in [-0.15, -0.1) is 0 Å². The summed E-state index contributed by atoms with van der Waals surface area (Å²) in [7, 11) is 2.13. The maximum absolute atomic E-state index is 13.7. The van der Waals surface area contributed by atoms with Crippen molar-refractivity contribution in [1.82, 2.24) is 19.9 Å². The highest BCUT2D eigenvalue weighted by molar-refractivity contribution is 5.85. The second kappa shape index (κ2) is 11.9. The van der Waals surface area contributed by atoms with Crippen molar-refractivity contribution < 1.29 is 17.9 Å². The first kappa shape index (κ1) is 27.4. The molecule has 0 saturated carbocycles. The highest BCUT2D eigenvalue weighted by atomic mass is 19.3. The van der Waals surface area contributed by atoms with Crippen LogP contribution in [0.5, 0.6) is 5.88 Å². The van der Waals surface area contributed by atoms with Gasteiger partial charge in [0.25, 0.3) is 6.43 Å². The van der Waals surface area contributed by atoms with Crippen molar-refractivity contribution in [2.45, 2.75) is 19.8 Å². The number of halogens is 3. The Bertz CT molecular complexity index is 1460. The normalized spacial score (nSPS) is 14.1. The second-order valence-corrected chi connectivity index (χ2v) is 9.90. The lowest BCUT2D eigenvalue weighted by Crippen LogP contribution is -2.44. The minimum absolute atomic E-state index is 0.0468. The molecule has 1 aliphatic heterocycles. The molecule has 0 spiro atoms. The van der Waals surface area contributed by atoms with E-state index in [4.69, 9.17) is 10.5 Å². The molecular weight excluding hydrogens is 517 g/mol. The minimum Gasteiger partial charge on any atom is -0.477 e. The molecule has 208 valence electrons. The average molecular weight is 549 g/mol. The number of anilines is 2. The number of benzene rings is 2. The Hall–Kier alpha value is -4.18. The predicted molar refractivity (Wildman–Crippen MR) is 150 cm³/mol. The third kappa shape index (κ3) is 6.34. The van der Waals surface area contributed by atoms with Gasteiger partial charge in [0.15, 0.2) is 0 Å². The third-order valence-electron chi connectivity index (χ3n) is 6.93. The van der Waals surface area contributed by atoms with Gasteiger partial charge in [0.05, 0.1) is 17.9 Å². The van der Waals surface area contributed by atoms with Crippen molar-refractivity contribution in [3.63, 3.8) is 0 Å². The first-order chi connectivity index (χ1) is 19.3. The predicted octanol–water partition coefficient (Wildman–Crippen LogP) is 5.55. The van der Waals surface area contributed by atoms with Crippen molar-refractivity contribution in [2.75, 3.05) is 50.5 Å². The van der Waals surface area contributed by atoms with Crippen molar-refractivity contribution >= 4 is 11.6 Å². The summed E-state index contributed by atoms with van der Waals surface area (Å²) in [6.45, 7) is 5.97. The standard InChI is InChI=1S/C30H31F3N6O/c1-19-17-22(18-25(35-19)28(32)33)26-27(21-5-7-23(31)8-6-21)36-30(34)37-29(26)40-16-11-20-3-9-24(10-4-20)39-14-12-38(2)13-15-39/h3-10,17-18,28H,11-16H2,1-2H3,(H2,34,36,37). The van der Waals surface area contributed by atoms with E-state index in [-0.39, 0.29) is 24.1 Å². The lowest BCUT2D eigenvalue weighted by molar-refractivity contribution is 0.146. The van der Waals surface area contributed by atoms with Gasteiger partial charge in [-0.1, -0.05) is 12.1 Å². The van der Waals surface area contributed by atoms with Gasteiger partial charge in [0.2, 0.25) is 11.8 Å². The van der Waals surface area contributed by atoms with Crippen molar-refractivity contribution in [3.05, 3.63) is 83.4 Å². The Balaban J connectivity index is 1.43. The van der Waals surface area contributed by atoms with Gasteiger partial charge in [0, 0.05) is 49.5 Å². The summed E-state index contributed by atoms with van der Waals surface area (Å²) in [5.41, 5.74) is 10.0. The monoisotopic (exact) mass is 548 g/mol. The first-order valence-corrected chi connectivity index (χ1v) is 13.1. The Morgan fingerprint density at radius 3 is 2.27 bits per heavy atom. The third-order valence-corrected chi connectivity index (χ3v) is 6.93. The van der Waals surface area contributed by atoms with Crippen LogP contribution in [-0.2, 0) is 6.42 Å². The Morgan fingerprint density at radius 1 is 0.900 bits per heavy atom. The molecule has 0 atom stereocenters. The number of nitrogen functional groups attached to an aromatic ring is 1. The summed E-state index contributed by atoms with van der Waals surface area (Å²) >= 11 is 0. The molecule has 1 saturated heterocycles. The molecule has 2 N–H and O–H groups in total. The summed E-state index contributed by atoms with van der Waals surface area (Å²) in [6.07, 6.45) is -2.17. The molecule has 40 heavy (non-hydrogen) atoms. The largest absolute Gasteiger partial charge is 0.477 e. The van der Waals surface area contributed by atoms with Crippen LogP contribution in [0.4, 0.5) is 24.8 Å². The van der Waals surface area contributed by atoms with Crippen LogP contribution in [0, 0.1) is 12.7 Å². The number of hydrogen-bond donors (Lipinski definition) is 1. The molecule has 5 rings (SSSR count). The maximum Gasteiger partial charge on any atom is 0.280 e. The Morgan fingerprint density at radius 2 is 1.60 bits per heavy atom. The lowest BCUT2D eigenvalue weighted by Gasteiger charge is -2.34. The van der Waals surface area contributed by atoms with Crippen molar-refractivity contribution in [2.24, 2.45) is 0 Å². The molecule has 1 fully saturated rings. The number of pyridine rings is 1. The SMILES string of the molecule is Cc1cc(-c2c(OCCc3ccc(N4CCN(C)CC4)cc3)nc(N)nc2-c2ccc(F)cc2)cc(C(F)F)n1. The van der Waals surface area contributed by atoms with Gasteiger partial charge < -0.3 is 20.3 Å². The molecular formula is C30H31F3N6O. The molecule has 3 heterocycles. The van der Waals surface area contributed by atoms with Gasteiger partial charge in [-0.3, -0.25) is 4.98 Å². The highest BCUT2D eigenvalue weighted by Gasteiger charge is 2.22. The van der Waals surface area contributed by atoms with Crippen LogP contribution in [0.2, 0.25) is 0 Å². The summed E-state index contributed by atoms with van der Waals surface area (Å²) in [5, 5.41) is 0. The average Bonchev–Trinajstić information content (AvgIpc) is 2.93. The zero-order chi connectivity index (χ0) is 28.2.